The van der Waals surface area contributed by atoms with Crippen molar-refractivity contribution < 1.29 is 26.5 Å². The Hall–Kier alpha value is -1.37. The molecule has 0 bridgehead atoms. The molecule has 0 amide bonds. The lowest BCUT2D eigenvalue weighted by Gasteiger charge is -2.19. The van der Waals surface area contributed by atoms with Crippen LogP contribution in [0.4, 0.5) is 0 Å². The molecule has 1 aromatic rings. The molecule has 0 N–H and O–H groups in total. The second-order valence-corrected chi connectivity index (χ2v) is 11.9. The maximum atomic E-state index is 12.1. The molecule has 0 saturated carbocycles. The average Bonchev–Trinajstić information content (AvgIpc) is 2.50. The van der Waals surface area contributed by atoms with E-state index >= 15 is 0 Å². The summed E-state index contributed by atoms with van der Waals surface area (Å²) in [5, 5.41) is 0. The number of hydrogen-bond donors (Lipinski definition) is 0. The molecule has 1 aromatic carbocycles. The van der Waals surface area contributed by atoms with Crippen LogP contribution in [0.3, 0.4) is 0 Å². The van der Waals surface area contributed by atoms with Crippen LogP contribution in [0.5, 0.6) is 5.75 Å². The smallest absolute Gasteiger partial charge is 0.340 e. The second-order valence-electron chi connectivity index (χ2n) is 6.32. The number of carbonyl (C=O) groups excluding carboxylic acids is 1. The van der Waals surface area contributed by atoms with E-state index in [2.05, 4.69) is 19.6 Å². The molecular formula is C17H28O5Si. The predicted octanol–water partition coefficient (Wildman–Crippen LogP) is 3.63. The van der Waals surface area contributed by atoms with E-state index < -0.39 is 27.2 Å². The third-order valence-electron chi connectivity index (χ3n) is 3.13. The van der Waals surface area contributed by atoms with Crippen molar-refractivity contribution in [1.82, 2.24) is 0 Å². The normalized spacial score (nSPS) is 14.1. The molecule has 0 aromatic heterocycles. The van der Waals surface area contributed by atoms with E-state index in [1.165, 1.54) is 0 Å². The van der Waals surface area contributed by atoms with Crippen molar-refractivity contribution in [2.24, 2.45) is 0 Å². The van der Waals surface area contributed by atoms with Crippen LogP contribution in [-0.2, 0) is 19.0 Å². The minimum Gasteiger partial charge on any atom is -0.497 e. The van der Waals surface area contributed by atoms with Crippen LogP contribution in [0.15, 0.2) is 24.3 Å². The van der Waals surface area contributed by atoms with Crippen LogP contribution in [-0.4, -0.2) is 41.1 Å². The largest absolute Gasteiger partial charge is 0.497 e. The Balaban J connectivity index is 2.65. The Labute approximate surface area is 142 Å². The molecule has 0 radical (unpaired) electrons. The van der Waals surface area contributed by atoms with Gasteiger partial charge >= 0.3 is 5.97 Å². The Bertz CT molecular complexity index is 517. The van der Waals surface area contributed by atoms with Crippen LogP contribution < -0.4 is 4.74 Å². The fourth-order valence-electron chi connectivity index (χ4n) is 1.79. The van der Waals surface area contributed by atoms with Crippen LogP contribution in [0, 0.1) is 0 Å². The third-order valence-corrected chi connectivity index (χ3v) is 4.84. The molecule has 0 spiro atoms. The number of carbonyl (C=O) groups is 1. The topological polar surface area (TPSA) is 54.0 Å². The summed E-state index contributed by atoms with van der Waals surface area (Å²) in [4.78, 5) is 12.1. The van der Waals surface area contributed by atoms with Gasteiger partial charge in [-0.25, -0.2) is 4.79 Å². The van der Waals surface area contributed by atoms with E-state index in [0.29, 0.717) is 17.9 Å². The minimum absolute atomic E-state index is 0.00767. The van der Waals surface area contributed by atoms with E-state index in [4.69, 9.17) is 21.7 Å². The highest BCUT2D eigenvalue weighted by molar-refractivity contribution is 6.76. The first-order valence-corrected chi connectivity index (χ1v) is 11.4. The summed E-state index contributed by atoms with van der Waals surface area (Å²) < 4.78 is 35.3. The zero-order valence-corrected chi connectivity index (χ0v) is 15.3. The van der Waals surface area contributed by atoms with Crippen molar-refractivity contribution >= 4 is 14.0 Å². The molecule has 0 saturated heterocycles. The van der Waals surface area contributed by atoms with E-state index in [1.54, 1.807) is 31.2 Å². The molecule has 0 fully saturated rings. The first kappa shape index (κ1) is 16.5. The molecule has 0 aliphatic carbocycles. The summed E-state index contributed by atoms with van der Waals surface area (Å²) in [7, 11) is -2.57. The molecule has 0 unspecified atom stereocenters. The quantitative estimate of drug-likeness (QED) is 0.281. The van der Waals surface area contributed by atoms with Gasteiger partial charge in [-0.15, -0.1) is 0 Å². The Kier molecular flexibility index (Phi) is 6.95. The van der Waals surface area contributed by atoms with Gasteiger partial charge in [0.05, 0.1) is 16.4 Å². The molecule has 5 nitrogen and oxygen atoms in total. The number of hydrogen-bond acceptors (Lipinski definition) is 5. The van der Waals surface area contributed by atoms with Gasteiger partial charge in [-0.1, -0.05) is 31.8 Å². The van der Waals surface area contributed by atoms with Gasteiger partial charge in [0.25, 0.3) is 0 Å². The summed E-state index contributed by atoms with van der Waals surface area (Å²) in [6.07, 6.45) is -0.885. The number of methoxy groups -OCH3 is 1. The highest BCUT2D eigenvalue weighted by atomic mass is 28.3. The monoisotopic (exact) mass is 342 g/mol. The van der Waals surface area contributed by atoms with Crippen LogP contribution in [0.1, 0.15) is 21.3 Å². The fourth-order valence-corrected chi connectivity index (χ4v) is 2.55. The van der Waals surface area contributed by atoms with Gasteiger partial charge in [0.2, 0.25) is 0 Å². The molecule has 130 valence electrons. The van der Waals surface area contributed by atoms with E-state index in [-0.39, 0.29) is 13.4 Å². The molecule has 0 aliphatic heterocycles. The molecule has 0 heterocycles. The van der Waals surface area contributed by atoms with Crippen molar-refractivity contribution in [3.8, 4) is 5.75 Å². The lowest BCUT2D eigenvalue weighted by atomic mass is 10.1. The van der Waals surface area contributed by atoms with Crippen LogP contribution in [0.25, 0.3) is 0 Å². The molecule has 6 heteroatoms. The summed E-state index contributed by atoms with van der Waals surface area (Å²) in [5.41, 5.74) is 0.603. The lowest BCUT2D eigenvalue weighted by molar-refractivity contribution is -0.167. The van der Waals surface area contributed by atoms with E-state index in [1.807, 2.05) is 0 Å². The van der Waals surface area contributed by atoms with Gasteiger partial charge in [-0.3, -0.25) is 0 Å². The molecule has 23 heavy (non-hydrogen) atoms. The van der Waals surface area contributed by atoms with Gasteiger partial charge in [-0.05, 0) is 30.7 Å². The first-order valence-electron chi connectivity index (χ1n) is 8.85. The maximum Gasteiger partial charge on any atom is 0.340 e. The zero-order valence-electron chi connectivity index (χ0n) is 16.3. The molecule has 0 aliphatic rings. The first-order chi connectivity index (χ1) is 11.7. The average molecular weight is 343 g/mol. The fraction of sp³-hybridized carbons (Fsp3) is 0.588. The van der Waals surface area contributed by atoms with Gasteiger partial charge in [0, 0.05) is 14.7 Å². The van der Waals surface area contributed by atoms with E-state index in [0.717, 1.165) is 6.04 Å². The number of esters is 1. The summed E-state index contributed by atoms with van der Waals surface area (Å²) in [5.74, 6) is -0.100. The number of rotatable bonds is 10. The molecule has 1 rings (SSSR count). The van der Waals surface area contributed by atoms with Gasteiger partial charge in [-0.2, -0.15) is 0 Å². The Morgan fingerprint density at radius 3 is 2.52 bits per heavy atom. The number of benzene rings is 1. The van der Waals surface area contributed by atoms with E-state index in [9.17, 15) is 4.79 Å². The van der Waals surface area contributed by atoms with Crippen molar-refractivity contribution in [1.29, 1.82) is 0 Å². The highest BCUT2D eigenvalue weighted by Crippen LogP contribution is 2.22. The van der Waals surface area contributed by atoms with Gasteiger partial charge in [0.1, 0.15) is 12.5 Å². The standard InChI is InChI=1S/C17H28O5Si/c1-6-21-17(18)16(14-7-9-15(19-2)10-8-14)22-13-20-11-12-23(3,4)5/h7-10,16H,6,11-13H2,1-5H3/t16-/m1/s1/i2D2. The third kappa shape index (κ3) is 7.63. The SMILES string of the molecule is [2H]C([2H])Oc1ccc([C@@H](OCOCC[Si](C)(C)C)C(=O)OCC)cc1. The van der Waals surface area contributed by atoms with Crippen LogP contribution >= 0.6 is 0 Å². The summed E-state index contributed by atoms with van der Waals surface area (Å²) in [6, 6.07) is 7.51. The van der Waals surface area contributed by atoms with Crippen molar-refractivity contribution in [3.63, 3.8) is 0 Å². The van der Waals surface area contributed by atoms with Crippen LogP contribution in [0.2, 0.25) is 25.7 Å². The highest BCUT2D eigenvalue weighted by Gasteiger charge is 2.23. The van der Waals surface area contributed by atoms with Gasteiger partial charge < -0.3 is 18.9 Å². The van der Waals surface area contributed by atoms with Crippen molar-refractivity contribution in [2.45, 2.75) is 38.7 Å². The molecular weight excluding hydrogens is 312 g/mol. The Morgan fingerprint density at radius 1 is 1.26 bits per heavy atom. The zero-order chi connectivity index (χ0) is 18.9. The summed E-state index contributed by atoms with van der Waals surface area (Å²) >= 11 is 0. The molecule has 1 atom stereocenters. The van der Waals surface area contributed by atoms with Crippen molar-refractivity contribution in [3.05, 3.63) is 29.8 Å². The minimum atomic E-state index is -1.40. The maximum absolute atomic E-state index is 12.1. The predicted molar refractivity (Wildman–Crippen MR) is 92.4 cm³/mol. The lowest BCUT2D eigenvalue weighted by Crippen LogP contribution is -2.23. The van der Waals surface area contributed by atoms with Crippen molar-refractivity contribution in [2.75, 3.05) is 27.1 Å². The second kappa shape index (κ2) is 9.70. The summed E-state index contributed by atoms with van der Waals surface area (Å²) in [6.45, 7) is 9.40. The van der Waals surface area contributed by atoms with Gasteiger partial charge in [0.15, 0.2) is 6.10 Å². The Morgan fingerprint density at radius 2 is 1.96 bits per heavy atom. The number of ether oxygens (including phenoxy) is 4.